The molecule has 2 rings (SSSR count). The van der Waals surface area contributed by atoms with Crippen molar-refractivity contribution in [2.45, 2.75) is 31.3 Å². The van der Waals surface area contributed by atoms with E-state index >= 15 is 0 Å². The Kier molecular flexibility index (Phi) is 3.71. The number of carbonyl (C=O) groups excluding carboxylic acids is 1. The van der Waals surface area contributed by atoms with Gasteiger partial charge in [-0.3, -0.25) is 4.79 Å². The zero-order chi connectivity index (χ0) is 13.3. The Morgan fingerprint density at radius 2 is 1.78 bits per heavy atom. The van der Waals surface area contributed by atoms with Crippen molar-refractivity contribution in [1.29, 1.82) is 0 Å². The number of hydrogen-bond donors (Lipinski definition) is 3. The van der Waals surface area contributed by atoms with Crippen LogP contribution in [0.4, 0.5) is 11.4 Å². The van der Waals surface area contributed by atoms with Gasteiger partial charge in [-0.25, -0.2) is 0 Å². The number of nitrogens with two attached hydrogens (primary N) is 1. The molecular formula is C12H14Cl2N2O2. The van der Waals surface area contributed by atoms with Gasteiger partial charge in [-0.1, -0.05) is 23.2 Å². The van der Waals surface area contributed by atoms with Gasteiger partial charge in [0.25, 0.3) is 5.91 Å². The van der Waals surface area contributed by atoms with E-state index < -0.39 is 11.5 Å². The quantitative estimate of drug-likeness (QED) is 0.733. The van der Waals surface area contributed by atoms with E-state index in [2.05, 4.69) is 5.32 Å². The van der Waals surface area contributed by atoms with Crippen molar-refractivity contribution in [3.63, 3.8) is 0 Å². The lowest BCUT2D eigenvalue weighted by molar-refractivity contribution is -0.133. The summed E-state index contributed by atoms with van der Waals surface area (Å²) in [6.07, 6.45) is 2.67. The normalized spacial score (nSPS) is 17.7. The lowest BCUT2D eigenvalue weighted by Gasteiger charge is -2.21. The molecule has 1 aromatic rings. The highest BCUT2D eigenvalue weighted by molar-refractivity contribution is 6.39. The van der Waals surface area contributed by atoms with Crippen molar-refractivity contribution >= 4 is 40.5 Å². The fraction of sp³-hybridized carbons (Fsp3) is 0.417. The number of hydrogen-bond acceptors (Lipinski definition) is 3. The third-order valence-electron chi connectivity index (χ3n) is 3.19. The van der Waals surface area contributed by atoms with Crippen molar-refractivity contribution in [3.05, 3.63) is 22.2 Å². The maximum absolute atomic E-state index is 12.0. The number of nitrogen functional groups attached to an aromatic ring is 1. The number of benzene rings is 1. The van der Waals surface area contributed by atoms with Gasteiger partial charge in [-0.2, -0.15) is 0 Å². The molecule has 0 radical (unpaired) electrons. The first-order valence-corrected chi connectivity index (χ1v) is 6.46. The molecule has 0 saturated heterocycles. The number of amides is 1. The first-order valence-electron chi connectivity index (χ1n) is 5.71. The summed E-state index contributed by atoms with van der Waals surface area (Å²) in [5.74, 6) is -0.420. The third kappa shape index (κ3) is 2.55. The zero-order valence-corrected chi connectivity index (χ0v) is 11.2. The molecule has 0 bridgehead atoms. The molecule has 0 unspecified atom stereocenters. The summed E-state index contributed by atoms with van der Waals surface area (Å²) in [5.41, 5.74) is 5.04. The van der Waals surface area contributed by atoms with Crippen LogP contribution in [0.25, 0.3) is 0 Å². The zero-order valence-electron chi connectivity index (χ0n) is 9.67. The fourth-order valence-electron chi connectivity index (χ4n) is 2.09. The smallest absolute Gasteiger partial charge is 0.256 e. The van der Waals surface area contributed by atoms with Crippen molar-refractivity contribution in [2.75, 3.05) is 11.1 Å². The van der Waals surface area contributed by atoms with Crippen LogP contribution in [0, 0.1) is 0 Å². The minimum atomic E-state index is -1.28. The molecule has 1 aliphatic carbocycles. The van der Waals surface area contributed by atoms with Crippen LogP contribution in [-0.4, -0.2) is 16.6 Å². The molecule has 0 spiro atoms. The number of halogens is 2. The van der Waals surface area contributed by atoms with E-state index in [0.717, 1.165) is 12.8 Å². The highest BCUT2D eigenvalue weighted by Crippen LogP contribution is 2.33. The largest absolute Gasteiger partial charge is 0.396 e. The predicted molar refractivity (Wildman–Crippen MR) is 72.9 cm³/mol. The fourth-order valence-corrected chi connectivity index (χ4v) is 2.58. The lowest BCUT2D eigenvalue weighted by Crippen LogP contribution is -2.40. The van der Waals surface area contributed by atoms with Crippen LogP contribution in [0.3, 0.4) is 0 Å². The van der Waals surface area contributed by atoms with Crippen LogP contribution in [-0.2, 0) is 4.79 Å². The van der Waals surface area contributed by atoms with E-state index in [9.17, 15) is 9.90 Å². The van der Waals surface area contributed by atoms with Crippen molar-refractivity contribution in [2.24, 2.45) is 0 Å². The topological polar surface area (TPSA) is 75.3 Å². The molecule has 1 saturated carbocycles. The highest BCUT2D eigenvalue weighted by atomic mass is 35.5. The van der Waals surface area contributed by atoms with Crippen molar-refractivity contribution in [3.8, 4) is 0 Å². The summed E-state index contributed by atoms with van der Waals surface area (Å²) in [7, 11) is 0. The Labute approximate surface area is 115 Å². The van der Waals surface area contributed by atoms with E-state index in [4.69, 9.17) is 28.9 Å². The Morgan fingerprint density at radius 3 is 2.28 bits per heavy atom. The summed E-state index contributed by atoms with van der Waals surface area (Å²) in [6, 6.07) is 3.03. The molecule has 1 fully saturated rings. The Bertz CT molecular complexity index is 462. The molecular weight excluding hydrogens is 275 g/mol. The van der Waals surface area contributed by atoms with Crippen molar-refractivity contribution < 1.29 is 9.90 Å². The third-order valence-corrected chi connectivity index (χ3v) is 3.82. The average molecular weight is 289 g/mol. The van der Waals surface area contributed by atoms with Gasteiger partial charge in [-0.15, -0.1) is 0 Å². The molecule has 1 amide bonds. The molecule has 1 aliphatic rings. The minimum absolute atomic E-state index is 0.274. The second kappa shape index (κ2) is 4.96. The first kappa shape index (κ1) is 13.5. The van der Waals surface area contributed by atoms with Crippen LogP contribution < -0.4 is 11.1 Å². The molecule has 0 aliphatic heterocycles. The average Bonchev–Trinajstić information content (AvgIpc) is 2.74. The number of nitrogens with one attached hydrogen (secondary N) is 1. The number of carbonyl (C=O) groups is 1. The molecule has 4 nitrogen and oxygen atoms in total. The molecule has 4 N–H and O–H groups in total. The molecule has 0 heterocycles. The Hall–Kier alpha value is -0.970. The number of anilines is 2. The van der Waals surface area contributed by atoms with Gasteiger partial charge < -0.3 is 16.2 Å². The standard InChI is InChI=1S/C12H14Cl2N2O2/c13-8-5-7(6-9(14)10(8)15)16-11(17)12(18)3-1-2-4-12/h5-6,18H,1-4,15H2,(H,16,17). The number of aliphatic hydroxyl groups is 1. The molecule has 1 aromatic carbocycles. The molecule has 6 heteroatoms. The van der Waals surface area contributed by atoms with Gasteiger partial charge in [0.1, 0.15) is 5.60 Å². The second-order valence-corrected chi connectivity index (χ2v) is 5.36. The predicted octanol–water partition coefficient (Wildman–Crippen LogP) is 2.82. The first-order chi connectivity index (χ1) is 8.42. The lowest BCUT2D eigenvalue weighted by atomic mass is 10.0. The summed E-state index contributed by atoms with van der Waals surface area (Å²) < 4.78 is 0. The van der Waals surface area contributed by atoms with Crippen molar-refractivity contribution in [1.82, 2.24) is 0 Å². The van der Waals surface area contributed by atoms with Gasteiger partial charge in [0.15, 0.2) is 0 Å². The Balaban J connectivity index is 2.17. The van der Waals surface area contributed by atoms with E-state index in [-0.39, 0.29) is 15.7 Å². The van der Waals surface area contributed by atoms with Gasteiger partial charge in [0, 0.05) is 5.69 Å². The van der Waals surface area contributed by atoms with Crippen LogP contribution >= 0.6 is 23.2 Å². The monoisotopic (exact) mass is 288 g/mol. The SMILES string of the molecule is Nc1c(Cl)cc(NC(=O)C2(O)CCCC2)cc1Cl. The van der Waals surface area contributed by atoms with E-state index in [0.29, 0.717) is 18.5 Å². The Morgan fingerprint density at radius 1 is 1.28 bits per heavy atom. The van der Waals surface area contributed by atoms with Gasteiger partial charge >= 0.3 is 0 Å². The van der Waals surface area contributed by atoms with Gasteiger partial charge in [0.2, 0.25) is 0 Å². The second-order valence-electron chi connectivity index (χ2n) is 4.55. The molecule has 0 aromatic heterocycles. The van der Waals surface area contributed by atoms with E-state index in [1.54, 1.807) is 0 Å². The van der Waals surface area contributed by atoms with Crippen LogP contribution in [0.15, 0.2) is 12.1 Å². The minimum Gasteiger partial charge on any atom is -0.396 e. The highest BCUT2D eigenvalue weighted by Gasteiger charge is 2.38. The van der Waals surface area contributed by atoms with Crippen LogP contribution in [0.1, 0.15) is 25.7 Å². The number of rotatable bonds is 2. The van der Waals surface area contributed by atoms with E-state index in [1.165, 1.54) is 12.1 Å². The maximum Gasteiger partial charge on any atom is 0.256 e. The summed E-state index contributed by atoms with van der Waals surface area (Å²) in [4.78, 5) is 12.0. The molecule has 0 atom stereocenters. The molecule has 98 valence electrons. The van der Waals surface area contributed by atoms with Gasteiger partial charge in [-0.05, 0) is 37.8 Å². The van der Waals surface area contributed by atoms with Crippen LogP contribution in [0.2, 0.25) is 10.0 Å². The molecule has 18 heavy (non-hydrogen) atoms. The summed E-state index contributed by atoms with van der Waals surface area (Å²) in [5, 5.41) is 13.3. The maximum atomic E-state index is 12.0. The summed E-state index contributed by atoms with van der Waals surface area (Å²) >= 11 is 11.7. The van der Waals surface area contributed by atoms with E-state index in [1.807, 2.05) is 0 Å². The summed E-state index contributed by atoms with van der Waals surface area (Å²) in [6.45, 7) is 0. The van der Waals surface area contributed by atoms with Crippen LogP contribution in [0.5, 0.6) is 0 Å². The van der Waals surface area contributed by atoms with Gasteiger partial charge in [0.05, 0.1) is 15.7 Å².